The minimum Gasteiger partial charge on any atom is -0.497 e. The van der Waals surface area contributed by atoms with Crippen molar-refractivity contribution in [2.75, 3.05) is 26.1 Å². The maximum absolute atomic E-state index is 12.6. The second kappa shape index (κ2) is 8.00. The van der Waals surface area contributed by atoms with Crippen LogP contribution in [0.25, 0.3) is 17.0 Å². The number of anilines is 1. The van der Waals surface area contributed by atoms with Crippen molar-refractivity contribution in [2.45, 2.75) is 0 Å². The summed E-state index contributed by atoms with van der Waals surface area (Å²) in [6.45, 7) is 3.82. The first-order valence-corrected chi connectivity index (χ1v) is 9.97. The lowest BCUT2D eigenvalue weighted by molar-refractivity contribution is -0.116. The SMILES string of the molecule is C=C1c2ccccc2C(=O)N1CC(=O)Nc1nc(-c2cc(OC)ccc2OC)cs1. The number of fused-ring (bicyclic) bond motifs is 1. The quantitative estimate of drug-likeness (QED) is 0.653. The minimum absolute atomic E-state index is 0.135. The molecule has 2 aromatic carbocycles. The van der Waals surface area contributed by atoms with Crippen LogP contribution < -0.4 is 14.8 Å². The monoisotopic (exact) mass is 421 g/mol. The number of aromatic nitrogens is 1. The summed E-state index contributed by atoms with van der Waals surface area (Å²) in [7, 11) is 3.17. The number of nitrogens with one attached hydrogen (secondary N) is 1. The summed E-state index contributed by atoms with van der Waals surface area (Å²) in [5.74, 6) is 0.744. The normalized spacial score (nSPS) is 12.7. The van der Waals surface area contributed by atoms with E-state index in [-0.39, 0.29) is 18.4 Å². The van der Waals surface area contributed by atoms with Gasteiger partial charge in [0.1, 0.15) is 18.0 Å². The predicted octanol–water partition coefficient (Wildman–Crippen LogP) is 3.89. The lowest BCUT2D eigenvalue weighted by Gasteiger charge is -2.16. The summed E-state index contributed by atoms with van der Waals surface area (Å²) in [6.07, 6.45) is 0. The van der Waals surface area contributed by atoms with Gasteiger partial charge < -0.3 is 14.8 Å². The highest BCUT2D eigenvalue weighted by Gasteiger charge is 2.32. The highest BCUT2D eigenvalue weighted by atomic mass is 32.1. The van der Waals surface area contributed by atoms with Crippen LogP contribution in [0.1, 0.15) is 15.9 Å². The minimum atomic E-state index is -0.351. The van der Waals surface area contributed by atoms with E-state index >= 15 is 0 Å². The van der Waals surface area contributed by atoms with E-state index in [9.17, 15) is 9.59 Å². The van der Waals surface area contributed by atoms with Crippen LogP contribution in [0.2, 0.25) is 0 Å². The van der Waals surface area contributed by atoms with Gasteiger partial charge in [0.25, 0.3) is 5.91 Å². The fourth-order valence-electron chi connectivity index (χ4n) is 3.27. The van der Waals surface area contributed by atoms with Gasteiger partial charge in [-0.3, -0.25) is 14.5 Å². The van der Waals surface area contributed by atoms with Crippen LogP contribution in [0.3, 0.4) is 0 Å². The molecule has 0 atom stereocenters. The molecule has 30 heavy (non-hydrogen) atoms. The zero-order chi connectivity index (χ0) is 21.3. The molecule has 1 aromatic heterocycles. The van der Waals surface area contributed by atoms with Crippen LogP contribution in [0, 0.1) is 0 Å². The molecule has 4 rings (SSSR count). The Balaban J connectivity index is 1.48. The molecule has 1 N–H and O–H groups in total. The molecule has 0 unspecified atom stereocenters. The maximum Gasteiger partial charge on any atom is 0.259 e. The van der Waals surface area contributed by atoms with Crippen molar-refractivity contribution >= 4 is 34.0 Å². The molecule has 1 aliphatic rings. The van der Waals surface area contributed by atoms with Crippen molar-refractivity contribution < 1.29 is 19.1 Å². The van der Waals surface area contributed by atoms with Gasteiger partial charge in [-0.1, -0.05) is 24.8 Å². The molecule has 8 heteroatoms. The van der Waals surface area contributed by atoms with Crippen LogP contribution in [-0.2, 0) is 4.79 Å². The van der Waals surface area contributed by atoms with Gasteiger partial charge >= 0.3 is 0 Å². The fourth-order valence-corrected chi connectivity index (χ4v) is 4.00. The number of nitrogens with zero attached hydrogens (tertiary/aromatic N) is 2. The second-order valence-corrected chi connectivity index (χ2v) is 7.39. The first-order valence-electron chi connectivity index (χ1n) is 9.09. The number of amides is 2. The average Bonchev–Trinajstić information content (AvgIpc) is 3.32. The van der Waals surface area contributed by atoms with E-state index < -0.39 is 0 Å². The summed E-state index contributed by atoms with van der Waals surface area (Å²) in [4.78, 5) is 31.0. The van der Waals surface area contributed by atoms with Gasteiger partial charge in [-0.15, -0.1) is 11.3 Å². The molecular formula is C22H19N3O4S. The smallest absolute Gasteiger partial charge is 0.259 e. The largest absolute Gasteiger partial charge is 0.497 e. The Hall–Kier alpha value is -3.65. The zero-order valence-corrected chi connectivity index (χ0v) is 17.3. The summed E-state index contributed by atoms with van der Waals surface area (Å²) >= 11 is 1.29. The molecule has 2 heterocycles. The number of benzene rings is 2. The van der Waals surface area contributed by atoms with E-state index in [1.165, 1.54) is 16.2 Å². The van der Waals surface area contributed by atoms with E-state index in [0.717, 1.165) is 11.1 Å². The molecule has 0 fully saturated rings. The first kappa shape index (κ1) is 19.7. The van der Waals surface area contributed by atoms with E-state index in [1.54, 1.807) is 38.5 Å². The molecule has 7 nitrogen and oxygen atoms in total. The van der Waals surface area contributed by atoms with Crippen molar-refractivity contribution in [2.24, 2.45) is 0 Å². The zero-order valence-electron chi connectivity index (χ0n) is 16.5. The number of carbonyl (C=O) groups is 2. The van der Waals surface area contributed by atoms with Crippen LogP contribution in [-0.4, -0.2) is 42.5 Å². The standard InChI is InChI=1S/C22H19N3O4S/c1-13-15-6-4-5-7-16(15)21(27)25(13)11-20(26)24-22-23-18(12-30-22)17-10-14(28-2)8-9-19(17)29-3/h4-10,12H,1,11H2,2-3H3,(H,23,24,26). The van der Waals surface area contributed by atoms with E-state index in [1.807, 2.05) is 23.6 Å². The van der Waals surface area contributed by atoms with Crippen LogP contribution >= 0.6 is 11.3 Å². The summed E-state index contributed by atoms with van der Waals surface area (Å²) < 4.78 is 10.7. The Kier molecular flexibility index (Phi) is 5.24. The second-order valence-electron chi connectivity index (χ2n) is 6.54. The summed E-state index contributed by atoms with van der Waals surface area (Å²) in [6, 6.07) is 12.6. The topological polar surface area (TPSA) is 80.8 Å². The molecule has 2 amide bonds. The van der Waals surface area contributed by atoms with E-state index in [0.29, 0.717) is 33.6 Å². The lowest BCUT2D eigenvalue weighted by Crippen LogP contribution is -2.32. The number of ether oxygens (including phenoxy) is 2. The van der Waals surface area contributed by atoms with Crippen molar-refractivity contribution in [3.63, 3.8) is 0 Å². The Labute approximate surface area is 177 Å². The van der Waals surface area contributed by atoms with E-state index in [4.69, 9.17) is 9.47 Å². The number of methoxy groups -OCH3 is 2. The Morgan fingerprint density at radius 2 is 1.90 bits per heavy atom. The van der Waals surface area contributed by atoms with E-state index in [2.05, 4.69) is 16.9 Å². The summed E-state index contributed by atoms with van der Waals surface area (Å²) in [5, 5.41) is 5.00. The molecule has 0 bridgehead atoms. The van der Waals surface area contributed by atoms with Gasteiger partial charge in [0.15, 0.2) is 5.13 Å². The number of carbonyl (C=O) groups excluding carboxylic acids is 2. The highest BCUT2D eigenvalue weighted by molar-refractivity contribution is 7.14. The number of thiazole rings is 1. The number of rotatable bonds is 6. The van der Waals surface area contributed by atoms with Crippen LogP contribution in [0.4, 0.5) is 5.13 Å². The molecule has 1 aliphatic heterocycles. The molecule has 152 valence electrons. The molecule has 0 spiro atoms. The van der Waals surface area contributed by atoms with Gasteiger partial charge in [-0.2, -0.15) is 0 Å². The van der Waals surface area contributed by atoms with Crippen molar-refractivity contribution in [3.8, 4) is 22.8 Å². The Morgan fingerprint density at radius 1 is 1.13 bits per heavy atom. The molecule has 0 aliphatic carbocycles. The Bertz CT molecular complexity index is 1120. The lowest BCUT2D eigenvalue weighted by atomic mass is 10.1. The Morgan fingerprint density at radius 3 is 2.60 bits per heavy atom. The van der Waals surface area contributed by atoms with Gasteiger partial charge in [-0.05, 0) is 24.3 Å². The van der Waals surface area contributed by atoms with Crippen molar-refractivity contribution in [3.05, 3.63) is 65.6 Å². The fraction of sp³-hybridized carbons (Fsp3) is 0.136. The van der Waals surface area contributed by atoms with Crippen molar-refractivity contribution in [1.29, 1.82) is 0 Å². The van der Waals surface area contributed by atoms with Gasteiger partial charge in [0.05, 0.1) is 19.9 Å². The molecule has 0 saturated carbocycles. The molecular weight excluding hydrogens is 402 g/mol. The van der Waals surface area contributed by atoms with Crippen LogP contribution in [0.15, 0.2) is 54.4 Å². The molecule has 0 saturated heterocycles. The van der Waals surface area contributed by atoms with Gasteiger partial charge in [0, 0.05) is 27.8 Å². The van der Waals surface area contributed by atoms with Gasteiger partial charge in [-0.25, -0.2) is 4.98 Å². The third kappa shape index (κ3) is 3.53. The first-order chi connectivity index (χ1) is 14.5. The van der Waals surface area contributed by atoms with Crippen molar-refractivity contribution in [1.82, 2.24) is 9.88 Å². The maximum atomic E-state index is 12.6. The molecule has 0 radical (unpaired) electrons. The highest BCUT2D eigenvalue weighted by Crippen LogP contribution is 2.35. The number of hydrogen-bond acceptors (Lipinski definition) is 6. The summed E-state index contributed by atoms with van der Waals surface area (Å²) in [5.41, 5.74) is 3.23. The molecule has 3 aromatic rings. The van der Waals surface area contributed by atoms with Crippen LogP contribution in [0.5, 0.6) is 11.5 Å². The third-order valence-corrected chi connectivity index (χ3v) is 5.53. The average molecular weight is 421 g/mol. The number of hydrogen-bond donors (Lipinski definition) is 1. The third-order valence-electron chi connectivity index (χ3n) is 4.77. The van der Waals surface area contributed by atoms with Gasteiger partial charge in [0.2, 0.25) is 5.91 Å². The predicted molar refractivity (Wildman–Crippen MR) is 116 cm³/mol.